The highest BCUT2D eigenvalue weighted by Gasteiger charge is 2.32. The van der Waals surface area contributed by atoms with Gasteiger partial charge in [-0.05, 0) is 11.5 Å². The molecule has 0 aliphatic carbocycles. The van der Waals surface area contributed by atoms with E-state index in [4.69, 9.17) is 9.84 Å². The van der Waals surface area contributed by atoms with Gasteiger partial charge in [-0.3, -0.25) is 0 Å². The fourth-order valence-corrected chi connectivity index (χ4v) is 1.55. The third-order valence-electron chi connectivity index (χ3n) is 2.24. The molecule has 11 heavy (non-hydrogen) atoms. The molecule has 2 nitrogen and oxygen atoms in total. The van der Waals surface area contributed by atoms with Gasteiger partial charge in [-0.2, -0.15) is 0 Å². The molecule has 0 bridgehead atoms. The maximum Gasteiger partial charge on any atom is 0.0690 e. The largest absolute Gasteiger partial charge is 0.396 e. The molecular formula is C9H16O2. The number of aliphatic hydroxyl groups is 1. The first-order chi connectivity index (χ1) is 5.16. The van der Waals surface area contributed by atoms with Crippen molar-refractivity contribution in [1.29, 1.82) is 0 Å². The van der Waals surface area contributed by atoms with Crippen molar-refractivity contribution >= 4 is 0 Å². The van der Waals surface area contributed by atoms with Crippen LogP contribution >= 0.6 is 0 Å². The van der Waals surface area contributed by atoms with E-state index in [9.17, 15) is 0 Å². The van der Waals surface area contributed by atoms with Gasteiger partial charge in [-0.25, -0.2) is 0 Å². The summed E-state index contributed by atoms with van der Waals surface area (Å²) in [6, 6.07) is 0. The average Bonchev–Trinajstić information content (AvgIpc) is 2.30. The summed E-state index contributed by atoms with van der Waals surface area (Å²) < 4.78 is 5.47. The van der Waals surface area contributed by atoms with Crippen molar-refractivity contribution in [3.8, 4) is 0 Å². The standard InChI is InChI=1S/C9H16O2/c1-6(2)9-8(4-10)7(3)5-11-9/h6,8-10H,3-5H2,1-2H3. The molecule has 0 aromatic carbocycles. The number of hydrogen-bond acceptors (Lipinski definition) is 2. The smallest absolute Gasteiger partial charge is 0.0690 e. The zero-order valence-electron chi connectivity index (χ0n) is 7.21. The van der Waals surface area contributed by atoms with E-state index in [1.165, 1.54) is 0 Å². The van der Waals surface area contributed by atoms with E-state index in [2.05, 4.69) is 20.4 Å². The Balaban J connectivity index is 2.61. The predicted octanol–water partition coefficient (Wildman–Crippen LogP) is 1.21. The summed E-state index contributed by atoms with van der Waals surface area (Å²) in [5.41, 5.74) is 1.03. The third kappa shape index (κ3) is 1.63. The first-order valence-electron chi connectivity index (χ1n) is 4.07. The second-order valence-electron chi connectivity index (χ2n) is 3.47. The zero-order valence-corrected chi connectivity index (χ0v) is 7.21. The van der Waals surface area contributed by atoms with E-state index < -0.39 is 0 Å². The van der Waals surface area contributed by atoms with Crippen molar-refractivity contribution in [2.45, 2.75) is 20.0 Å². The Hall–Kier alpha value is -0.340. The van der Waals surface area contributed by atoms with Crippen molar-refractivity contribution in [2.24, 2.45) is 11.8 Å². The number of rotatable bonds is 2. The van der Waals surface area contributed by atoms with Gasteiger partial charge in [0.1, 0.15) is 0 Å². The number of hydrogen-bond donors (Lipinski definition) is 1. The van der Waals surface area contributed by atoms with Crippen LogP contribution in [0.2, 0.25) is 0 Å². The summed E-state index contributed by atoms with van der Waals surface area (Å²) in [5.74, 6) is 0.626. The normalized spacial score (nSPS) is 31.8. The van der Waals surface area contributed by atoms with Crippen LogP contribution in [0.4, 0.5) is 0 Å². The lowest BCUT2D eigenvalue weighted by molar-refractivity contribution is 0.0388. The molecule has 0 radical (unpaired) electrons. The predicted molar refractivity (Wildman–Crippen MR) is 44.3 cm³/mol. The fraction of sp³-hybridized carbons (Fsp3) is 0.778. The molecule has 0 saturated carbocycles. The molecule has 0 aromatic rings. The van der Waals surface area contributed by atoms with Crippen molar-refractivity contribution < 1.29 is 9.84 Å². The van der Waals surface area contributed by atoms with E-state index in [0.717, 1.165) is 5.57 Å². The van der Waals surface area contributed by atoms with E-state index in [-0.39, 0.29) is 18.6 Å². The first kappa shape index (κ1) is 8.75. The number of ether oxygens (including phenoxy) is 1. The molecule has 1 N–H and O–H groups in total. The molecular weight excluding hydrogens is 140 g/mol. The second-order valence-corrected chi connectivity index (χ2v) is 3.47. The monoisotopic (exact) mass is 156 g/mol. The molecule has 0 aromatic heterocycles. The van der Waals surface area contributed by atoms with Gasteiger partial charge in [0.05, 0.1) is 19.3 Å². The minimum Gasteiger partial charge on any atom is -0.396 e. The Morgan fingerprint density at radius 1 is 1.73 bits per heavy atom. The maximum atomic E-state index is 9.01. The van der Waals surface area contributed by atoms with Crippen molar-refractivity contribution in [3.05, 3.63) is 12.2 Å². The second kappa shape index (κ2) is 3.37. The summed E-state index contributed by atoms with van der Waals surface area (Å²) in [6.45, 7) is 8.85. The van der Waals surface area contributed by atoms with Crippen LogP contribution in [0.25, 0.3) is 0 Å². The summed E-state index contributed by atoms with van der Waals surface area (Å²) in [7, 11) is 0. The van der Waals surface area contributed by atoms with Gasteiger partial charge < -0.3 is 9.84 Å². The molecule has 2 atom stereocenters. The van der Waals surface area contributed by atoms with Crippen LogP contribution in [-0.4, -0.2) is 24.4 Å². The first-order valence-corrected chi connectivity index (χ1v) is 4.07. The van der Waals surface area contributed by atoms with Gasteiger partial charge in [-0.15, -0.1) is 0 Å². The van der Waals surface area contributed by atoms with Crippen molar-refractivity contribution in [1.82, 2.24) is 0 Å². The molecule has 2 heteroatoms. The molecule has 1 aliphatic heterocycles. The molecule has 1 rings (SSSR count). The topological polar surface area (TPSA) is 29.5 Å². The Labute approximate surface area is 67.9 Å². The van der Waals surface area contributed by atoms with E-state index >= 15 is 0 Å². The molecule has 1 saturated heterocycles. The van der Waals surface area contributed by atoms with Gasteiger partial charge in [-0.1, -0.05) is 20.4 Å². The van der Waals surface area contributed by atoms with Gasteiger partial charge in [0.25, 0.3) is 0 Å². The Morgan fingerprint density at radius 2 is 2.36 bits per heavy atom. The summed E-state index contributed by atoms with van der Waals surface area (Å²) >= 11 is 0. The lowest BCUT2D eigenvalue weighted by Gasteiger charge is -2.19. The summed E-state index contributed by atoms with van der Waals surface area (Å²) in [6.07, 6.45) is 0.174. The van der Waals surface area contributed by atoms with Crippen LogP contribution in [0.5, 0.6) is 0 Å². The van der Waals surface area contributed by atoms with Gasteiger partial charge in [0.15, 0.2) is 0 Å². The number of aliphatic hydroxyl groups excluding tert-OH is 1. The van der Waals surface area contributed by atoms with Crippen molar-refractivity contribution in [2.75, 3.05) is 13.2 Å². The molecule has 1 fully saturated rings. The lowest BCUT2D eigenvalue weighted by Crippen LogP contribution is -2.25. The van der Waals surface area contributed by atoms with Gasteiger partial charge >= 0.3 is 0 Å². The maximum absolute atomic E-state index is 9.01. The highest BCUT2D eigenvalue weighted by molar-refractivity contribution is 5.09. The molecule has 1 heterocycles. The van der Waals surface area contributed by atoms with Crippen LogP contribution in [0, 0.1) is 11.8 Å². The Bertz CT molecular complexity index is 152. The van der Waals surface area contributed by atoms with Gasteiger partial charge in [0, 0.05) is 5.92 Å². The highest BCUT2D eigenvalue weighted by Crippen LogP contribution is 2.29. The van der Waals surface area contributed by atoms with Crippen LogP contribution in [-0.2, 0) is 4.74 Å². The van der Waals surface area contributed by atoms with Crippen LogP contribution in [0.1, 0.15) is 13.8 Å². The molecule has 2 unspecified atom stereocenters. The van der Waals surface area contributed by atoms with Crippen LogP contribution in [0.15, 0.2) is 12.2 Å². The molecule has 64 valence electrons. The van der Waals surface area contributed by atoms with Crippen LogP contribution < -0.4 is 0 Å². The van der Waals surface area contributed by atoms with Gasteiger partial charge in [0.2, 0.25) is 0 Å². The van der Waals surface area contributed by atoms with Crippen molar-refractivity contribution in [3.63, 3.8) is 0 Å². The SMILES string of the molecule is C=C1COC(C(C)C)C1CO. The quantitative estimate of drug-likeness (QED) is 0.609. The summed E-state index contributed by atoms with van der Waals surface area (Å²) in [4.78, 5) is 0. The third-order valence-corrected chi connectivity index (χ3v) is 2.24. The van der Waals surface area contributed by atoms with E-state index in [0.29, 0.717) is 12.5 Å². The summed E-state index contributed by atoms with van der Waals surface area (Å²) in [5, 5.41) is 9.01. The highest BCUT2D eigenvalue weighted by atomic mass is 16.5. The lowest BCUT2D eigenvalue weighted by atomic mass is 9.91. The fourth-order valence-electron chi connectivity index (χ4n) is 1.55. The van der Waals surface area contributed by atoms with Crippen LogP contribution in [0.3, 0.4) is 0 Å². The Morgan fingerprint density at radius 3 is 2.73 bits per heavy atom. The van der Waals surface area contributed by atoms with E-state index in [1.807, 2.05) is 0 Å². The zero-order chi connectivity index (χ0) is 8.43. The minimum atomic E-state index is 0.162. The Kier molecular flexibility index (Phi) is 2.68. The molecule has 0 amide bonds. The molecule has 1 aliphatic rings. The average molecular weight is 156 g/mol. The minimum absolute atomic E-state index is 0.162. The van der Waals surface area contributed by atoms with E-state index in [1.54, 1.807) is 0 Å². The molecule has 0 spiro atoms.